The van der Waals surface area contributed by atoms with Gasteiger partial charge < -0.3 is 19.8 Å². The predicted molar refractivity (Wildman–Crippen MR) is 125 cm³/mol. The molecule has 2 unspecified atom stereocenters. The maximum atomic E-state index is 10.9. The second-order valence-electron chi connectivity index (χ2n) is 7.40. The van der Waals surface area contributed by atoms with Crippen molar-refractivity contribution in [3.8, 4) is 5.75 Å². The van der Waals surface area contributed by atoms with Gasteiger partial charge in [-0.3, -0.25) is 0 Å². The standard InChI is InChI=1S/C23H29NO4S2/c1-3-4-8-16-13-24(17-9-6-5-7-10-17)18-11-22(29-2)20(12-21(18)30-15-16)28-14-19(25)23(26)27/h5-7,9-12,16,19,25H,3-4,8,13-15H2,1-2H3,(H,26,27). The number of ether oxygens (including phenoxy) is 1. The Balaban J connectivity index is 1.95. The maximum Gasteiger partial charge on any atom is 0.336 e. The molecule has 5 nitrogen and oxygen atoms in total. The van der Waals surface area contributed by atoms with Gasteiger partial charge in [0.25, 0.3) is 0 Å². The first-order valence-corrected chi connectivity index (χ1v) is 12.5. The van der Waals surface area contributed by atoms with Crippen LogP contribution in [-0.2, 0) is 4.79 Å². The van der Waals surface area contributed by atoms with Crippen molar-refractivity contribution in [2.24, 2.45) is 5.92 Å². The molecule has 0 spiro atoms. The van der Waals surface area contributed by atoms with Crippen molar-refractivity contribution in [1.29, 1.82) is 0 Å². The van der Waals surface area contributed by atoms with Crippen LogP contribution in [0, 0.1) is 5.92 Å². The van der Waals surface area contributed by atoms with Crippen molar-refractivity contribution in [3.05, 3.63) is 42.5 Å². The molecule has 162 valence electrons. The number of carboxylic acids is 1. The Morgan fingerprint density at radius 2 is 2.10 bits per heavy atom. The largest absolute Gasteiger partial charge is 0.489 e. The zero-order valence-corrected chi connectivity index (χ0v) is 19.0. The van der Waals surface area contributed by atoms with E-state index in [4.69, 9.17) is 9.84 Å². The van der Waals surface area contributed by atoms with E-state index in [1.807, 2.05) is 30.2 Å². The number of carboxylic acid groups (broad SMARTS) is 1. The van der Waals surface area contributed by atoms with Gasteiger partial charge >= 0.3 is 5.97 Å². The lowest BCUT2D eigenvalue weighted by atomic mass is 10.0. The van der Waals surface area contributed by atoms with Crippen molar-refractivity contribution in [3.63, 3.8) is 0 Å². The van der Waals surface area contributed by atoms with Crippen LogP contribution in [0.3, 0.4) is 0 Å². The van der Waals surface area contributed by atoms with Crippen LogP contribution in [0.5, 0.6) is 5.75 Å². The van der Waals surface area contributed by atoms with Crippen molar-refractivity contribution < 1.29 is 19.7 Å². The average Bonchev–Trinajstić information content (AvgIpc) is 2.94. The van der Waals surface area contributed by atoms with Gasteiger partial charge in [0.15, 0.2) is 6.10 Å². The summed E-state index contributed by atoms with van der Waals surface area (Å²) in [5, 5.41) is 18.5. The molecule has 1 heterocycles. The summed E-state index contributed by atoms with van der Waals surface area (Å²) in [6.45, 7) is 2.93. The molecule has 0 bridgehead atoms. The van der Waals surface area contributed by atoms with Crippen LogP contribution in [0.4, 0.5) is 11.4 Å². The second kappa shape index (κ2) is 11.0. The second-order valence-corrected chi connectivity index (χ2v) is 9.31. The highest BCUT2D eigenvalue weighted by Gasteiger charge is 2.25. The summed E-state index contributed by atoms with van der Waals surface area (Å²) in [4.78, 5) is 15.4. The smallest absolute Gasteiger partial charge is 0.336 e. The minimum absolute atomic E-state index is 0.270. The first-order chi connectivity index (χ1) is 14.5. The summed E-state index contributed by atoms with van der Waals surface area (Å²) in [5.74, 6) is 0.956. The minimum atomic E-state index is -1.54. The predicted octanol–water partition coefficient (Wildman–Crippen LogP) is 5.28. The maximum absolute atomic E-state index is 10.9. The topological polar surface area (TPSA) is 70.0 Å². The number of aliphatic carboxylic acids is 1. The summed E-state index contributed by atoms with van der Waals surface area (Å²) in [6, 6.07) is 14.6. The molecule has 0 aromatic heterocycles. The fourth-order valence-corrected chi connectivity index (χ4v) is 5.25. The lowest BCUT2D eigenvalue weighted by Crippen LogP contribution is -2.27. The fraction of sp³-hybridized carbons (Fsp3) is 0.435. The monoisotopic (exact) mass is 447 g/mol. The molecule has 0 aliphatic carbocycles. The summed E-state index contributed by atoms with van der Waals surface area (Å²) in [6.07, 6.45) is 4.06. The molecule has 30 heavy (non-hydrogen) atoms. The third kappa shape index (κ3) is 5.65. The molecule has 0 saturated carbocycles. The molecule has 7 heteroatoms. The quantitative estimate of drug-likeness (QED) is 0.507. The van der Waals surface area contributed by atoms with Gasteiger partial charge in [-0.1, -0.05) is 38.0 Å². The van der Waals surface area contributed by atoms with E-state index in [9.17, 15) is 9.90 Å². The number of thioether (sulfide) groups is 2. The number of nitrogens with zero attached hydrogens (tertiary/aromatic N) is 1. The molecular weight excluding hydrogens is 418 g/mol. The van der Waals surface area contributed by atoms with Gasteiger partial charge in [-0.2, -0.15) is 0 Å². The number of para-hydroxylation sites is 1. The Labute approximate surface area is 186 Å². The molecule has 0 radical (unpaired) electrons. The number of carbonyl (C=O) groups is 1. The van der Waals surface area contributed by atoms with E-state index in [2.05, 4.69) is 42.2 Å². The summed E-state index contributed by atoms with van der Waals surface area (Å²) in [5.41, 5.74) is 2.32. The van der Waals surface area contributed by atoms with Gasteiger partial charge in [0.1, 0.15) is 12.4 Å². The third-order valence-electron chi connectivity index (χ3n) is 5.17. The Kier molecular flexibility index (Phi) is 8.36. The van der Waals surface area contributed by atoms with Crippen LogP contribution in [0.2, 0.25) is 0 Å². The minimum Gasteiger partial charge on any atom is -0.489 e. The van der Waals surface area contributed by atoms with Crippen LogP contribution in [0.15, 0.2) is 52.3 Å². The van der Waals surface area contributed by atoms with Crippen molar-refractivity contribution in [2.75, 3.05) is 30.1 Å². The van der Waals surface area contributed by atoms with Gasteiger partial charge in [-0.05, 0) is 42.9 Å². The molecule has 1 aliphatic heterocycles. The van der Waals surface area contributed by atoms with Gasteiger partial charge in [0.2, 0.25) is 0 Å². The SMILES string of the molecule is CCCCC1CSc2cc(OCC(O)C(=O)O)c(SC)cc2N(c2ccccc2)C1. The van der Waals surface area contributed by atoms with Crippen LogP contribution in [0.25, 0.3) is 0 Å². The van der Waals surface area contributed by atoms with Crippen LogP contribution < -0.4 is 9.64 Å². The van der Waals surface area contributed by atoms with E-state index in [-0.39, 0.29) is 6.61 Å². The number of aliphatic hydroxyl groups excluding tert-OH is 1. The summed E-state index contributed by atoms with van der Waals surface area (Å²) in [7, 11) is 0. The highest BCUT2D eigenvalue weighted by molar-refractivity contribution is 7.99. The zero-order valence-electron chi connectivity index (χ0n) is 17.4. The Morgan fingerprint density at radius 3 is 2.77 bits per heavy atom. The van der Waals surface area contributed by atoms with Crippen LogP contribution >= 0.6 is 23.5 Å². The molecule has 0 amide bonds. The molecule has 1 aliphatic rings. The molecule has 0 saturated heterocycles. The molecule has 2 atom stereocenters. The van der Waals surface area contributed by atoms with E-state index in [0.717, 1.165) is 27.8 Å². The average molecular weight is 448 g/mol. The number of hydrogen-bond donors (Lipinski definition) is 2. The molecule has 3 rings (SSSR count). The summed E-state index contributed by atoms with van der Waals surface area (Å²) >= 11 is 3.39. The lowest BCUT2D eigenvalue weighted by molar-refractivity contribution is -0.148. The van der Waals surface area contributed by atoms with E-state index < -0.39 is 12.1 Å². The van der Waals surface area contributed by atoms with E-state index in [0.29, 0.717) is 11.7 Å². The van der Waals surface area contributed by atoms with Crippen LogP contribution in [-0.4, -0.2) is 47.4 Å². The van der Waals surface area contributed by atoms with Gasteiger partial charge in [-0.15, -0.1) is 23.5 Å². The molecule has 2 aromatic rings. The first-order valence-electron chi connectivity index (χ1n) is 10.2. The van der Waals surface area contributed by atoms with Gasteiger partial charge in [0.05, 0.1) is 10.6 Å². The number of aliphatic hydroxyl groups is 1. The third-order valence-corrected chi connectivity index (χ3v) is 7.20. The highest BCUT2D eigenvalue weighted by Crippen LogP contribution is 2.45. The van der Waals surface area contributed by atoms with Crippen molar-refractivity contribution in [1.82, 2.24) is 0 Å². The Bertz CT molecular complexity index is 847. The molecule has 0 fully saturated rings. The van der Waals surface area contributed by atoms with Crippen molar-refractivity contribution in [2.45, 2.75) is 42.1 Å². The van der Waals surface area contributed by atoms with E-state index in [1.54, 1.807) is 11.8 Å². The number of benzene rings is 2. The van der Waals surface area contributed by atoms with Crippen LogP contribution in [0.1, 0.15) is 26.2 Å². The zero-order chi connectivity index (χ0) is 21.5. The lowest BCUT2D eigenvalue weighted by Gasteiger charge is -2.28. The van der Waals surface area contributed by atoms with Crippen molar-refractivity contribution >= 4 is 40.9 Å². The Hall–Kier alpha value is -1.83. The number of rotatable bonds is 9. The van der Waals surface area contributed by atoms with Gasteiger partial charge in [0, 0.05) is 22.9 Å². The van der Waals surface area contributed by atoms with E-state index in [1.165, 1.54) is 24.9 Å². The van der Waals surface area contributed by atoms with Gasteiger partial charge in [-0.25, -0.2) is 4.79 Å². The molecular formula is C23H29NO4S2. The van der Waals surface area contributed by atoms with E-state index >= 15 is 0 Å². The number of anilines is 2. The first kappa shape index (κ1) is 22.8. The highest BCUT2D eigenvalue weighted by atomic mass is 32.2. The fourth-order valence-electron chi connectivity index (χ4n) is 3.51. The molecule has 2 N–H and O–H groups in total. The number of fused-ring (bicyclic) bond motifs is 1. The normalized spacial score (nSPS) is 17.2. The number of hydrogen-bond acceptors (Lipinski definition) is 6. The Morgan fingerprint density at radius 1 is 1.33 bits per heavy atom. The summed E-state index contributed by atoms with van der Waals surface area (Å²) < 4.78 is 5.71. The molecule has 2 aromatic carbocycles. The number of unbranched alkanes of at least 4 members (excludes halogenated alkanes) is 1.